The summed E-state index contributed by atoms with van der Waals surface area (Å²) in [5, 5.41) is 0. The molecule has 1 aliphatic carbocycles. The summed E-state index contributed by atoms with van der Waals surface area (Å²) in [7, 11) is -8.58. The Morgan fingerprint density at radius 2 is 1.57 bits per heavy atom. The van der Waals surface area contributed by atoms with E-state index < -0.39 is 20.2 Å². The van der Waals surface area contributed by atoms with Crippen molar-refractivity contribution in [1.82, 2.24) is 0 Å². The molecule has 30 heavy (non-hydrogen) atoms. The third-order valence-electron chi connectivity index (χ3n) is 5.06. The van der Waals surface area contributed by atoms with Crippen LogP contribution in [-0.2, 0) is 20.2 Å². The lowest BCUT2D eigenvalue weighted by atomic mass is 9.83. The van der Waals surface area contributed by atoms with E-state index in [1.807, 2.05) is 28.7 Å². The Kier molecular flexibility index (Phi) is 8.02. The van der Waals surface area contributed by atoms with Crippen molar-refractivity contribution in [3.63, 3.8) is 0 Å². The second kappa shape index (κ2) is 9.65. The number of benzene rings is 2. The summed E-state index contributed by atoms with van der Waals surface area (Å²) < 4.78 is 67.4. The van der Waals surface area contributed by atoms with Crippen LogP contribution in [0.2, 0.25) is 0 Å². The molecule has 2 aromatic carbocycles. The molecule has 0 atom stereocenters. The topological polar surface area (TPSA) is 97.7 Å². The quantitative estimate of drug-likeness (QED) is 0.176. The molecule has 0 aromatic heterocycles. The molecule has 164 valence electrons. The molecule has 1 fully saturated rings. The van der Waals surface area contributed by atoms with Gasteiger partial charge >= 0.3 is 10.1 Å². The molecule has 1 N–H and O–H groups in total. The first kappa shape index (κ1) is 24.9. The van der Waals surface area contributed by atoms with Gasteiger partial charge in [-0.15, -0.1) is 0 Å². The molecule has 0 bridgehead atoms. The summed E-state index contributed by atoms with van der Waals surface area (Å²) in [5.74, 6) is 0.00716. The highest BCUT2D eigenvalue weighted by Crippen LogP contribution is 2.40. The van der Waals surface area contributed by atoms with Crippen molar-refractivity contribution < 1.29 is 25.6 Å². The van der Waals surface area contributed by atoms with Crippen molar-refractivity contribution in [2.45, 2.75) is 54.7 Å². The predicted octanol–water partition coefficient (Wildman–Crippen LogP) is 5.87. The minimum atomic E-state index is -4.44. The Morgan fingerprint density at radius 1 is 0.933 bits per heavy atom. The van der Waals surface area contributed by atoms with E-state index in [9.17, 15) is 21.4 Å². The minimum Gasteiger partial charge on any atom is -0.379 e. The fraction of sp³-hybridized carbons (Fsp3) is 0.368. The van der Waals surface area contributed by atoms with Crippen molar-refractivity contribution in [1.29, 1.82) is 0 Å². The normalized spacial score (nSPS) is 15.9. The maximum atomic E-state index is 13.0. The molecule has 6 nitrogen and oxygen atoms in total. The maximum Gasteiger partial charge on any atom is 0.340 e. The Balaban J connectivity index is 2.10. The Morgan fingerprint density at radius 3 is 2.17 bits per heavy atom. The van der Waals surface area contributed by atoms with Gasteiger partial charge in [-0.05, 0) is 129 Å². The number of halogens is 3. The highest BCUT2D eigenvalue weighted by atomic mass is 127. The Hall–Kier alpha value is 0.290. The van der Waals surface area contributed by atoms with E-state index in [2.05, 4.69) is 45.2 Å². The van der Waals surface area contributed by atoms with Crippen LogP contribution in [0.3, 0.4) is 0 Å². The van der Waals surface area contributed by atoms with Crippen LogP contribution in [0, 0.1) is 17.6 Å². The van der Waals surface area contributed by atoms with Crippen LogP contribution in [0.15, 0.2) is 34.1 Å². The van der Waals surface area contributed by atoms with Crippen molar-refractivity contribution in [2.24, 2.45) is 0 Å². The lowest BCUT2D eigenvalue weighted by Crippen LogP contribution is -2.15. The van der Waals surface area contributed by atoms with E-state index in [1.54, 1.807) is 13.0 Å². The van der Waals surface area contributed by atoms with Gasteiger partial charge in [0.1, 0.15) is 10.6 Å². The molecular formula is C19H19I3O6S2. The molecule has 0 unspecified atom stereocenters. The monoisotopic (exact) mass is 788 g/mol. The number of rotatable bonds is 5. The van der Waals surface area contributed by atoms with E-state index >= 15 is 0 Å². The molecule has 0 heterocycles. The maximum absolute atomic E-state index is 13.0. The molecule has 11 heteroatoms. The molecule has 0 radical (unpaired) electrons. The van der Waals surface area contributed by atoms with Gasteiger partial charge in [0.05, 0.1) is 4.90 Å². The highest BCUT2D eigenvalue weighted by Gasteiger charge is 2.28. The lowest BCUT2D eigenvalue weighted by Gasteiger charge is -2.24. The third kappa shape index (κ3) is 5.61. The van der Waals surface area contributed by atoms with Gasteiger partial charge in [-0.2, -0.15) is 16.8 Å². The number of hydrogen-bond donors (Lipinski definition) is 1. The second-order valence-corrected chi connectivity index (χ2v) is 13.6. The van der Waals surface area contributed by atoms with Crippen LogP contribution in [-0.4, -0.2) is 21.4 Å². The van der Waals surface area contributed by atoms with Gasteiger partial charge in [0.2, 0.25) is 0 Å². The van der Waals surface area contributed by atoms with Crippen LogP contribution in [0.25, 0.3) is 0 Å². The average molecular weight is 788 g/mol. The third-order valence-corrected chi connectivity index (χ3v) is 11.3. The van der Waals surface area contributed by atoms with E-state index in [4.69, 9.17) is 4.18 Å². The van der Waals surface area contributed by atoms with Gasteiger partial charge < -0.3 is 4.18 Å². The van der Waals surface area contributed by atoms with Crippen LogP contribution < -0.4 is 4.18 Å². The van der Waals surface area contributed by atoms with E-state index in [-0.39, 0.29) is 21.5 Å². The molecule has 0 aliphatic heterocycles. The van der Waals surface area contributed by atoms with Crippen molar-refractivity contribution in [3.8, 4) is 5.75 Å². The van der Waals surface area contributed by atoms with Crippen LogP contribution in [0.5, 0.6) is 5.75 Å². The van der Waals surface area contributed by atoms with Crippen LogP contribution in [0.4, 0.5) is 0 Å². The zero-order valence-electron chi connectivity index (χ0n) is 15.9. The minimum absolute atomic E-state index is 0.0665. The molecule has 0 amide bonds. The second-order valence-electron chi connectivity index (χ2n) is 7.20. The standard InChI is InChI=1S/C19H19I3O6S2/c1-11-7-17(29(23,24)25)14(12-5-3-2-4-6-12)10-16(11)28-30(26,27)18-9-13(20)8-15(21)19(18)22/h7-10,12H,2-6H2,1H3,(H,23,24,25). The summed E-state index contributed by atoms with van der Waals surface area (Å²) in [4.78, 5) is -0.105. The van der Waals surface area contributed by atoms with Gasteiger partial charge in [0.25, 0.3) is 10.1 Å². The van der Waals surface area contributed by atoms with E-state index in [1.165, 1.54) is 12.1 Å². The summed E-state index contributed by atoms with van der Waals surface area (Å²) in [6.07, 6.45) is 4.55. The van der Waals surface area contributed by atoms with Gasteiger partial charge in [-0.3, -0.25) is 4.55 Å². The number of hydrogen-bond acceptors (Lipinski definition) is 5. The fourth-order valence-corrected chi connectivity index (χ4v) is 8.92. The summed E-state index contributed by atoms with van der Waals surface area (Å²) in [5.41, 5.74) is 0.737. The highest BCUT2D eigenvalue weighted by molar-refractivity contribution is 14.1. The van der Waals surface area contributed by atoms with Gasteiger partial charge in [-0.25, -0.2) is 0 Å². The average Bonchev–Trinajstić information content (AvgIpc) is 2.65. The smallest absolute Gasteiger partial charge is 0.340 e. The SMILES string of the molecule is Cc1cc(S(=O)(=O)O)c(C2CCCCC2)cc1OS(=O)(=O)c1cc(I)cc(I)c1I. The zero-order chi connectivity index (χ0) is 22.3. The van der Waals surface area contributed by atoms with Crippen molar-refractivity contribution >= 4 is 88.0 Å². The van der Waals surface area contributed by atoms with Crippen molar-refractivity contribution in [2.75, 3.05) is 0 Å². The van der Waals surface area contributed by atoms with Gasteiger partial charge in [-0.1, -0.05) is 19.3 Å². The zero-order valence-corrected chi connectivity index (χ0v) is 24.0. The molecule has 0 spiro atoms. The Labute approximate surface area is 217 Å². The molecule has 0 saturated heterocycles. The molecular weight excluding hydrogens is 769 g/mol. The first-order chi connectivity index (χ1) is 13.9. The number of aryl methyl sites for hydroxylation is 1. The van der Waals surface area contributed by atoms with Crippen molar-refractivity contribution in [3.05, 3.63) is 46.1 Å². The van der Waals surface area contributed by atoms with E-state index in [0.717, 1.165) is 39.2 Å². The van der Waals surface area contributed by atoms with Crippen LogP contribution in [0.1, 0.15) is 49.1 Å². The molecule has 2 aromatic rings. The molecule has 1 saturated carbocycles. The van der Waals surface area contributed by atoms with Gasteiger partial charge in [0, 0.05) is 10.7 Å². The largest absolute Gasteiger partial charge is 0.379 e. The van der Waals surface area contributed by atoms with Crippen LogP contribution >= 0.6 is 67.8 Å². The molecule has 1 aliphatic rings. The summed E-state index contributed by atoms with van der Waals surface area (Å²) in [6.45, 7) is 1.56. The summed E-state index contributed by atoms with van der Waals surface area (Å²) >= 11 is 6.10. The molecule has 3 rings (SSSR count). The first-order valence-corrected chi connectivity index (χ1v) is 15.2. The lowest BCUT2D eigenvalue weighted by molar-refractivity contribution is 0.431. The van der Waals surface area contributed by atoms with E-state index in [0.29, 0.717) is 14.7 Å². The first-order valence-electron chi connectivity index (χ1n) is 9.11. The fourth-order valence-electron chi connectivity index (χ4n) is 3.60. The summed E-state index contributed by atoms with van der Waals surface area (Å²) in [6, 6.07) is 6.18. The predicted molar refractivity (Wildman–Crippen MR) is 139 cm³/mol. The van der Waals surface area contributed by atoms with Gasteiger partial charge in [0.15, 0.2) is 0 Å². The Bertz CT molecular complexity index is 1190.